The van der Waals surface area contributed by atoms with E-state index in [9.17, 15) is 13.2 Å². The molecule has 0 saturated carbocycles. The minimum atomic E-state index is -3.70. The minimum absolute atomic E-state index is 0.121. The largest absolute Gasteiger partial charge is 0.345 e. The third-order valence-electron chi connectivity index (χ3n) is 4.91. The maximum Gasteiger partial charge on any atom is 0.270 e. The maximum absolute atomic E-state index is 13.2. The molecule has 0 atom stereocenters. The summed E-state index contributed by atoms with van der Waals surface area (Å²) in [5.41, 5.74) is 2.17. The third kappa shape index (κ3) is 3.60. The number of hydrogen-bond acceptors (Lipinski definition) is 3. The fourth-order valence-electron chi connectivity index (χ4n) is 3.59. The van der Waals surface area contributed by atoms with Crippen molar-refractivity contribution in [3.63, 3.8) is 0 Å². The SMILES string of the molecule is CCCN(CCC)C(=O)c1cc(S(=O)(=O)N2CCc3ccccc32)cn1C. The predicted molar refractivity (Wildman–Crippen MR) is 107 cm³/mol. The van der Waals surface area contributed by atoms with Crippen molar-refractivity contribution >= 4 is 21.6 Å². The fraction of sp³-hybridized carbons (Fsp3) is 0.450. The van der Waals surface area contributed by atoms with Crippen molar-refractivity contribution in [1.82, 2.24) is 9.47 Å². The van der Waals surface area contributed by atoms with Crippen molar-refractivity contribution < 1.29 is 13.2 Å². The fourth-order valence-corrected chi connectivity index (χ4v) is 5.16. The van der Waals surface area contributed by atoms with Crippen molar-refractivity contribution in [2.24, 2.45) is 7.05 Å². The first-order valence-electron chi connectivity index (χ1n) is 9.46. The highest BCUT2D eigenvalue weighted by atomic mass is 32.2. The number of carbonyl (C=O) groups excluding carboxylic acids is 1. The lowest BCUT2D eigenvalue weighted by molar-refractivity contribution is 0.0746. The van der Waals surface area contributed by atoms with E-state index in [2.05, 4.69) is 0 Å². The molecule has 146 valence electrons. The number of sulfonamides is 1. The Morgan fingerprint density at radius 2 is 1.81 bits per heavy atom. The number of benzene rings is 1. The number of aromatic nitrogens is 1. The van der Waals surface area contributed by atoms with E-state index >= 15 is 0 Å². The van der Waals surface area contributed by atoms with E-state index in [-0.39, 0.29) is 10.8 Å². The van der Waals surface area contributed by atoms with Crippen LogP contribution in [0.3, 0.4) is 0 Å². The zero-order chi connectivity index (χ0) is 19.6. The molecule has 0 spiro atoms. The van der Waals surface area contributed by atoms with Gasteiger partial charge < -0.3 is 9.47 Å². The van der Waals surface area contributed by atoms with E-state index in [1.807, 2.05) is 38.1 Å². The zero-order valence-corrected chi connectivity index (χ0v) is 17.0. The minimum Gasteiger partial charge on any atom is -0.345 e. The molecule has 3 rings (SSSR count). The zero-order valence-electron chi connectivity index (χ0n) is 16.2. The molecule has 0 radical (unpaired) electrons. The maximum atomic E-state index is 13.2. The van der Waals surface area contributed by atoms with Crippen molar-refractivity contribution in [1.29, 1.82) is 0 Å². The van der Waals surface area contributed by atoms with Crippen LogP contribution in [0.25, 0.3) is 0 Å². The van der Waals surface area contributed by atoms with Gasteiger partial charge in [-0.3, -0.25) is 9.10 Å². The molecule has 6 nitrogen and oxygen atoms in total. The first-order chi connectivity index (χ1) is 12.9. The molecular formula is C20H27N3O3S. The number of amides is 1. The summed E-state index contributed by atoms with van der Waals surface area (Å²) in [6, 6.07) is 9.07. The summed E-state index contributed by atoms with van der Waals surface area (Å²) in [4.78, 5) is 14.9. The third-order valence-corrected chi connectivity index (χ3v) is 6.68. The topological polar surface area (TPSA) is 62.6 Å². The molecule has 2 heterocycles. The van der Waals surface area contributed by atoms with Crippen LogP contribution in [0.2, 0.25) is 0 Å². The normalized spacial score (nSPS) is 13.7. The molecule has 27 heavy (non-hydrogen) atoms. The van der Waals surface area contributed by atoms with Gasteiger partial charge in [0, 0.05) is 32.9 Å². The van der Waals surface area contributed by atoms with Gasteiger partial charge in [0.25, 0.3) is 15.9 Å². The summed E-state index contributed by atoms with van der Waals surface area (Å²) in [6.07, 6.45) is 3.98. The summed E-state index contributed by atoms with van der Waals surface area (Å²) in [7, 11) is -1.97. The van der Waals surface area contributed by atoms with Gasteiger partial charge in [-0.2, -0.15) is 0 Å². The van der Waals surface area contributed by atoms with Crippen LogP contribution in [0.4, 0.5) is 5.69 Å². The highest BCUT2D eigenvalue weighted by Gasteiger charge is 2.32. The molecule has 2 aromatic rings. The molecule has 0 fully saturated rings. The Morgan fingerprint density at radius 3 is 2.48 bits per heavy atom. The van der Waals surface area contributed by atoms with Gasteiger partial charge in [0.2, 0.25) is 0 Å². The van der Waals surface area contributed by atoms with Gasteiger partial charge in [0.1, 0.15) is 10.6 Å². The molecule has 0 unspecified atom stereocenters. The Morgan fingerprint density at radius 1 is 1.15 bits per heavy atom. The Bertz CT molecular complexity index is 928. The molecule has 0 saturated heterocycles. The van der Waals surface area contributed by atoms with Crippen LogP contribution in [0.15, 0.2) is 41.4 Å². The first kappa shape index (κ1) is 19.5. The van der Waals surface area contributed by atoms with Crippen molar-refractivity contribution in [3.05, 3.63) is 47.8 Å². The number of rotatable bonds is 7. The number of hydrogen-bond donors (Lipinski definition) is 0. The van der Waals surface area contributed by atoms with E-state index in [1.165, 1.54) is 10.4 Å². The van der Waals surface area contributed by atoms with E-state index in [0.29, 0.717) is 31.7 Å². The number of nitrogens with zero attached hydrogens (tertiary/aromatic N) is 3. The quantitative estimate of drug-likeness (QED) is 0.731. The predicted octanol–water partition coefficient (Wildman–Crippen LogP) is 3.04. The number of aryl methyl sites for hydroxylation is 1. The van der Waals surface area contributed by atoms with Crippen molar-refractivity contribution in [2.45, 2.75) is 38.0 Å². The molecular weight excluding hydrogens is 362 g/mol. The van der Waals surface area contributed by atoms with Crippen molar-refractivity contribution in [3.8, 4) is 0 Å². The molecule has 1 aromatic heterocycles. The summed E-state index contributed by atoms with van der Waals surface area (Å²) in [6.45, 7) is 5.82. The molecule has 1 aliphatic heterocycles. The molecule has 0 aliphatic carbocycles. The number of anilines is 1. The molecule has 1 aliphatic rings. The molecule has 0 bridgehead atoms. The Labute approximate surface area is 161 Å². The van der Waals surface area contributed by atoms with E-state index in [4.69, 9.17) is 0 Å². The van der Waals surface area contributed by atoms with E-state index in [1.54, 1.807) is 22.7 Å². The number of fused-ring (bicyclic) bond motifs is 1. The highest BCUT2D eigenvalue weighted by Crippen LogP contribution is 2.33. The van der Waals surface area contributed by atoms with Gasteiger partial charge in [0.15, 0.2) is 0 Å². The number of para-hydroxylation sites is 1. The van der Waals surface area contributed by atoms with Crippen LogP contribution in [-0.4, -0.2) is 43.4 Å². The first-order valence-corrected chi connectivity index (χ1v) is 10.9. The van der Waals surface area contributed by atoms with Crippen molar-refractivity contribution in [2.75, 3.05) is 23.9 Å². The standard InChI is InChI=1S/C20H27N3O3S/c1-4-11-22(12-5-2)20(24)19-14-17(15-21(19)3)27(25,26)23-13-10-16-8-6-7-9-18(16)23/h6-9,14-15H,4-5,10-13H2,1-3H3. The average molecular weight is 390 g/mol. The van der Waals surface area contributed by atoms with Crippen LogP contribution >= 0.6 is 0 Å². The summed E-state index contributed by atoms with van der Waals surface area (Å²) >= 11 is 0. The average Bonchev–Trinajstić information content (AvgIpc) is 3.25. The second kappa shape index (κ2) is 7.76. The van der Waals surface area contributed by atoms with Crippen LogP contribution < -0.4 is 4.31 Å². The van der Waals surface area contributed by atoms with Crippen LogP contribution in [0, 0.1) is 0 Å². The van der Waals surface area contributed by atoms with E-state index < -0.39 is 10.0 Å². The lowest BCUT2D eigenvalue weighted by atomic mass is 10.2. The lowest BCUT2D eigenvalue weighted by Gasteiger charge is -2.21. The highest BCUT2D eigenvalue weighted by molar-refractivity contribution is 7.92. The van der Waals surface area contributed by atoms with Crippen LogP contribution in [0.5, 0.6) is 0 Å². The molecule has 1 aromatic carbocycles. The Hall–Kier alpha value is -2.28. The Kier molecular flexibility index (Phi) is 5.60. The molecule has 1 amide bonds. The summed E-state index contributed by atoms with van der Waals surface area (Å²) in [5.74, 6) is -0.121. The summed E-state index contributed by atoms with van der Waals surface area (Å²) in [5, 5.41) is 0. The van der Waals surface area contributed by atoms with Crippen LogP contribution in [-0.2, 0) is 23.5 Å². The van der Waals surface area contributed by atoms with Gasteiger partial charge >= 0.3 is 0 Å². The molecule has 0 N–H and O–H groups in total. The molecule has 7 heteroatoms. The van der Waals surface area contributed by atoms with Gasteiger partial charge in [0.05, 0.1) is 5.69 Å². The number of carbonyl (C=O) groups is 1. The van der Waals surface area contributed by atoms with E-state index in [0.717, 1.165) is 24.1 Å². The second-order valence-corrected chi connectivity index (χ2v) is 8.78. The Balaban J connectivity index is 1.93. The van der Waals surface area contributed by atoms with Crippen LogP contribution in [0.1, 0.15) is 42.7 Å². The lowest BCUT2D eigenvalue weighted by Crippen LogP contribution is -2.33. The monoisotopic (exact) mass is 389 g/mol. The van der Waals surface area contributed by atoms with Gasteiger partial charge in [-0.05, 0) is 37.0 Å². The van der Waals surface area contributed by atoms with Gasteiger partial charge in [-0.15, -0.1) is 0 Å². The smallest absolute Gasteiger partial charge is 0.270 e. The summed E-state index contributed by atoms with van der Waals surface area (Å²) < 4.78 is 29.5. The van der Waals surface area contributed by atoms with Gasteiger partial charge in [-0.25, -0.2) is 8.42 Å². The van der Waals surface area contributed by atoms with Gasteiger partial charge in [-0.1, -0.05) is 32.0 Å². The second-order valence-electron chi connectivity index (χ2n) is 6.92.